The molecule has 0 amide bonds. The Labute approximate surface area is 124 Å². The maximum absolute atomic E-state index is 4.68. The number of aromatic nitrogens is 3. The number of anilines is 1. The third-order valence-electron chi connectivity index (χ3n) is 3.15. The minimum Gasteiger partial charge on any atom is -0.370 e. The first-order chi connectivity index (χ1) is 9.63. The van der Waals surface area contributed by atoms with Gasteiger partial charge in [-0.05, 0) is 26.7 Å². The Morgan fingerprint density at radius 3 is 2.55 bits per heavy atom. The Morgan fingerprint density at radius 2 is 1.95 bits per heavy atom. The molecule has 0 saturated heterocycles. The van der Waals surface area contributed by atoms with E-state index in [1.165, 1.54) is 5.56 Å². The van der Waals surface area contributed by atoms with Crippen LogP contribution in [0.3, 0.4) is 0 Å². The van der Waals surface area contributed by atoms with Crippen molar-refractivity contribution in [3.63, 3.8) is 0 Å². The molecule has 0 radical (unpaired) electrons. The molecule has 0 aliphatic rings. The van der Waals surface area contributed by atoms with Crippen molar-refractivity contribution in [2.24, 2.45) is 0 Å². The molecular weight excluding hydrogens is 268 g/mol. The van der Waals surface area contributed by atoms with Crippen molar-refractivity contribution in [2.75, 3.05) is 11.9 Å². The number of aryl methyl sites for hydroxylation is 2. The lowest BCUT2D eigenvalue weighted by Gasteiger charge is -2.12. The van der Waals surface area contributed by atoms with Crippen LogP contribution < -0.4 is 5.32 Å². The van der Waals surface area contributed by atoms with Crippen molar-refractivity contribution in [1.82, 2.24) is 15.0 Å². The third kappa shape index (κ3) is 3.54. The second-order valence-corrected chi connectivity index (χ2v) is 5.84. The van der Waals surface area contributed by atoms with Gasteiger partial charge in [0.2, 0.25) is 0 Å². The highest BCUT2D eigenvalue weighted by Crippen LogP contribution is 2.19. The standard InChI is InChI=1S/C15H22N4S/c1-5-7-16-15-11(4)12(6-2)18-13(19-15)8-14-17-10(3)9-20-14/h9H,5-8H2,1-4H3,(H,16,18,19). The molecule has 0 fully saturated rings. The van der Waals surface area contributed by atoms with Gasteiger partial charge in [-0.2, -0.15) is 0 Å². The summed E-state index contributed by atoms with van der Waals surface area (Å²) in [5.41, 5.74) is 3.36. The Morgan fingerprint density at radius 1 is 1.15 bits per heavy atom. The van der Waals surface area contributed by atoms with Gasteiger partial charge in [0.05, 0.1) is 6.42 Å². The van der Waals surface area contributed by atoms with Crippen molar-refractivity contribution in [2.45, 2.75) is 47.0 Å². The van der Waals surface area contributed by atoms with Crippen molar-refractivity contribution in [3.05, 3.63) is 33.2 Å². The molecule has 2 aromatic rings. The molecule has 0 spiro atoms. The largest absolute Gasteiger partial charge is 0.370 e. The molecule has 0 aromatic carbocycles. The van der Waals surface area contributed by atoms with Crippen LogP contribution in [0.25, 0.3) is 0 Å². The first kappa shape index (κ1) is 14.9. The average Bonchev–Trinajstić information content (AvgIpc) is 2.84. The number of thiazole rings is 1. The Balaban J connectivity index is 2.27. The summed E-state index contributed by atoms with van der Waals surface area (Å²) in [6.07, 6.45) is 2.73. The fourth-order valence-corrected chi connectivity index (χ4v) is 2.84. The van der Waals surface area contributed by atoms with E-state index in [0.29, 0.717) is 6.42 Å². The minimum absolute atomic E-state index is 0.715. The summed E-state index contributed by atoms with van der Waals surface area (Å²) in [6.45, 7) is 9.34. The van der Waals surface area contributed by atoms with Crippen LogP contribution in [0.15, 0.2) is 5.38 Å². The summed E-state index contributed by atoms with van der Waals surface area (Å²) in [4.78, 5) is 13.8. The van der Waals surface area contributed by atoms with E-state index in [9.17, 15) is 0 Å². The van der Waals surface area contributed by atoms with Gasteiger partial charge in [-0.25, -0.2) is 15.0 Å². The van der Waals surface area contributed by atoms with Crippen LogP contribution in [0.5, 0.6) is 0 Å². The van der Waals surface area contributed by atoms with Crippen molar-refractivity contribution >= 4 is 17.2 Å². The van der Waals surface area contributed by atoms with Crippen LogP contribution in [-0.4, -0.2) is 21.5 Å². The van der Waals surface area contributed by atoms with Gasteiger partial charge in [0.15, 0.2) is 0 Å². The zero-order chi connectivity index (χ0) is 14.5. The SMILES string of the molecule is CCCNc1nc(Cc2nc(C)cs2)nc(CC)c1C. The topological polar surface area (TPSA) is 50.7 Å². The molecule has 2 heterocycles. The summed E-state index contributed by atoms with van der Waals surface area (Å²) >= 11 is 1.67. The van der Waals surface area contributed by atoms with Gasteiger partial charge in [0.1, 0.15) is 16.6 Å². The Hall–Kier alpha value is -1.49. The number of nitrogens with one attached hydrogen (secondary N) is 1. The molecule has 108 valence electrons. The zero-order valence-corrected chi connectivity index (χ0v) is 13.5. The van der Waals surface area contributed by atoms with Crippen LogP contribution in [0, 0.1) is 13.8 Å². The minimum atomic E-state index is 0.715. The number of hydrogen-bond donors (Lipinski definition) is 1. The fourth-order valence-electron chi connectivity index (χ4n) is 2.07. The summed E-state index contributed by atoms with van der Waals surface area (Å²) in [7, 11) is 0. The van der Waals surface area contributed by atoms with E-state index in [1.807, 2.05) is 6.92 Å². The molecule has 5 heteroatoms. The molecule has 2 rings (SSSR count). The normalized spacial score (nSPS) is 10.8. The quantitative estimate of drug-likeness (QED) is 0.884. The highest BCUT2D eigenvalue weighted by molar-refractivity contribution is 7.09. The van der Waals surface area contributed by atoms with E-state index in [4.69, 9.17) is 0 Å². The molecule has 0 aliphatic heterocycles. The zero-order valence-electron chi connectivity index (χ0n) is 12.7. The van der Waals surface area contributed by atoms with Gasteiger partial charge in [-0.1, -0.05) is 13.8 Å². The summed E-state index contributed by atoms with van der Waals surface area (Å²) in [5.74, 6) is 1.84. The first-order valence-electron chi connectivity index (χ1n) is 7.15. The molecule has 4 nitrogen and oxygen atoms in total. The number of rotatable bonds is 6. The fraction of sp³-hybridized carbons (Fsp3) is 0.533. The van der Waals surface area contributed by atoms with E-state index in [0.717, 1.165) is 47.4 Å². The highest BCUT2D eigenvalue weighted by Gasteiger charge is 2.11. The molecule has 0 atom stereocenters. The number of nitrogens with zero attached hydrogens (tertiary/aromatic N) is 3. The molecule has 2 aromatic heterocycles. The van der Waals surface area contributed by atoms with E-state index in [1.54, 1.807) is 11.3 Å². The first-order valence-corrected chi connectivity index (χ1v) is 8.03. The van der Waals surface area contributed by atoms with Crippen molar-refractivity contribution in [3.8, 4) is 0 Å². The predicted molar refractivity (Wildman–Crippen MR) is 84.6 cm³/mol. The lowest BCUT2D eigenvalue weighted by atomic mass is 10.2. The van der Waals surface area contributed by atoms with Crippen molar-refractivity contribution < 1.29 is 0 Å². The van der Waals surface area contributed by atoms with Gasteiger partial charge in [0.25, 0.3) is 0 Å². The molecule has 20 heavy (non-hydrogen) atoms. The smallest absolute Gasteiger partial charge is 0.137 e. The van der Waals surface area contributed by atoms with Gasteiger partial charge in [-0.3, -0.25) is 0 Å². The molecule has 0 aliphatic carbocycles. The van der Waals surface area contributed by atoms with E-state index in [-0.39, 0.29) is 0 Å². The van der Waals surface area contributed by atoms with Gasteiger partial charge in [0, 0.05) is 28.9 Å². The van der Waals surface area contributed by atoms with Crippen molar-refractivity contribution in [1.29, 1.82) is 0 Å². The van der Waals surface area contributed by atoms with Crippen LogP contribution in [-0.2, 0) is 12.8 Å². The van der Waals surface area contributed by atoms with Gasteiger partial charge >= 0.3 is 0 Å². The molecule has 0 unspecified atom stereocenters. The summed E-state index contributed by atoms with van der Waals surface area (Å²) < 4.78 is 0. The van der Waals surface area contributed by atoms with Crippen LogP contribution in [0.4, 0.5) is 5.82 Å². The van der Waals surface area contributed by atoms with Crippen LogP contribution in [0.1, 0.15) is 48.1 Å². The Bertz CT molecular complexity index is 577. The molecule has 0 saturated carbocycles. The van der Waals surface area contributed by atoms with Crippen LogP contribution >= 0.6 is 11.3 Å². The maximum Gasteiger partial charge on any atom is 0.137 e. The maximum atomic E-state index is 4.68. The lowest BCUT2D eigenvalue weighted by molar-refractivity contribution is 0.872. The van der Waals surface area contributed by atoms with Gasteiger partial charge in [-0.15, -0.1) is 11.3 Å². The monoisotopic (exact) mass is 290 g/mol. The number of hydrogen-bond acceptors (Lipinski definition) is 5. The summed E-state index contributed by atoms with van der Waals surface area (Å²) in [5, 5.41) is 6.55. The van der Waals surface area contributed by atoms with E-state index in [2.05, 4.69) is 46.4 Å². The molecular formula is C15H22N4S. The lowest BCUT2D eigenvalue weighted by Crippen LogP contribution is -2.10. The van der Waals surface area contributed by atoms with E-state index >= 15 is 0 Å². The molecule has 1 N–H and O–H groups in total. The highest BCUT2D eigenvalue weighted by atomic mass is 32.1. The third-order valence-corrected chi connectivity index (χ3v) is 4.11. The molecule has 0 bridgehead atoms. The van der Waals surface area contributed by atoms with Gasteiger partial charge < -0.3 is 5.32 Å². The van der Waals surface area contributed by atoms with E-state index < -0.39 is 0 Å². The predicted octanol–water partition coefficient (Wildman–Crippen LogP) is 3.53. The average molecular weight is 290 g/mol. The Kier molecular flexibility index (Phi) is 5.06. The second-order valence-electron chi connectivity index (χ2n) is 4.90. The summed E-state index contributed by atoms with van der Waals surface area (Å²) in [6, 6.07) is 0. The van der Waals surface area contributed by atoms with Crippen LogP contribution in [0.2, 0.25) is 0 Å². The second kappa shape index (κ2) is 6.79.